The number of aromatic nitrogens is 2. The van der Waals surface area contributed by atoms with Gasteiger partial charge in [0.25, 0.3) is 0 Å². The first-order valence-corrected chi connectivity index (χ1v) is 17.1. The molecule has 42 heavy (non-hydrogen) atoms. The molecule has 4 N–H and O–H groups in total. The molecule has 2 aliphatic heterocycles. The van der Waals surface area contributed by atoms with Gasteiger partial charge in [-0.1, -0.05) is 12.1 Å². The van der Waals surface area contributed by atoms with Crippen molar-refractivity contribution in [2.45, 2.75) is 57.9 Å². The van der Waals surface area contributed by atoms with Gasteiger partial charge in [-0.3, -0.25) is 10.1 Å². The molecule has 2 atom stereocenters. The fourth-order valence-corrected chi connectivity index (χ4v) is 7.82. The second-order valence-corrected chi connectivity index (χ2v) is 14.0. The van der Waals surface area contributed by atoms with Crippen LogP contribution in [0.3, 0.4) is 0 Å². The molecule has 11 nitrogen and oxygen atoms in total. The van der Waals surface area contributed by atoms with Gasteiger partial charge in [-0.25, -0.2) is 22.5 Å². The summed E-state index contributed by atoms with van der Waals surface area (Å²) in [6.45, 7) is 4.48. The zero-order chi connectivity index (χ0) is 29.9. The molecule has 2 amide bonds. The number of carbonyl (C=O) groups is 2. The number of nitrogens with one attached hydrogen (secondary N) is 2. The molecule has 1 aromatic heterocycles. The minimum absolute atomic E-state index is 0.00927. The Labute approximate surface area is 248 Å². The lowest BCUT2D eigenvalue weighted by atomic mass is 9.81. The van der Waals surface area contributed by atoms with Gasteiger partial charge in [-0.05, 0) is 93.9 Å². The van der Waals surface area contributed by atoms with Crippen molar-refractivity contribution in [1.82, 2.24) is 19.2 Å². The van der Waals surface area contributed by atoms with Crippen molar-refractivity contribution >= 4 is 27.7 Å². The molecule has 5 rings (SSSR count). The van der Waals surface area contributed by atoms with Crippen LogP contribution in [0.15, 0.2) is 30.5 Å². The number of anilines is 1. The number of ether oxygens (including phenoxy) is 1. The Hall–Kier alpha value is -2.96. The molecule has 3 fully saturated rings. The Morgan fingerprint density at radius 3 is 2.38 bits per heavy atom. The normalized spacial score (nSPS) is 25.8. The van der Waals surface area contributed by atoms with E-state index < -0.39 is 16.1 Å². The molecule has 230 valence electrons. The first-order valence-electron chi connectivity index (χ1n) is 15.2. The first-order chi connectivity index (χ1) is 20.2. The molecule has 2 saturated heterocycles. The van der Waals surface area contributed by atoms with Crippen molar-refractivity contribution < 1.29 is 22.7 Å². The van der Waals surface area contributed by atoms with Gasteiger partial charge in [0.1, 0.15) is 5.82 Å². The second kappa shape index (κ2) is 13.1. The van der Waals surface area contributed by atoms with Crippen molar-refractivity contribution in [1.29, 1.82) is 0 Å². The molecule has 1 aromatic carbocycles. The topological polar surface area (TPSA) is 151 Å². The highest BCUT2D eigenvalue weighted by atomic mass is 32.2. The minimum atomic E-state index is -3.19. The highest BCUT2D eigenvalue weighted by Crippen LogP contribution is 2.43. The number of piperidine rings is 1. The third-order valence-electron chi connectivity index (χ3n) is 9.41. The van der Waals surface area contributed by atoms with Crippen LogP contribution in [-0.2, 0) is 19.6 Å². The monoisotopic (exact) mass is 600 g/mol. The number of rotatable bonds is 8. The molecule has 2 unspecified atom stereocenters. The minimum Gasteiger partial charge on any atom is -0.450 e. The number of nitrogens with zero attached hydrogens (tertiary/aromatic N) is 3. The largest absolute Gasteiger partial charge is 0.450 e. The second-order valence-electron chi connectivity index (χ2n) is 12.1. The lowest BCUT2D eigenvalue weighted by Gasteiger charge is -2.34. The summed E-state index contributed by atoms with van der Waals surface area (Å²) in [4.78, 5) is 36.0. The summed E-state index contributed by atoms with van der Waals surface area (Å²) in [5, 5.41) is 2.70. The van der Waals surface area contributed by atoms with Crippen LogP contribution in [-0.4, -0.2) is 78.6 Å². The zero-order valence-corrected chi connectivity index (χ0v) is 25.4. The van der Waals surface area contributed by atoms with Gasteiger partial charge in [-0.15, -0.1) is 0 Å². The van der Waals surface area contributed by atoms with Crippen LogP contribution in [0.1, 0.15) is 63.7 Å². The fraction of sp³-hybridized carbons (Fsp3) is 0.633. The van der Waals surface area contributed by atoms with Crippen LogP contribution in [0.2, 0.25) is 0 Å². The summed E-state index contributed by atoms with van der Waals surface area (Å²) in [7, 11) is -3.19. The molecule has 3 heterocycles. The van der Waals surface area contributed by atoms with Crippen molar-refractivity contribution in [2.75, 3.05) is 44.4 Å². The molecule has 2 aromatic rings. The van der Waals surface area contributed by atoms with Gasteiger partial charge >= 0.3 is 6.09 Å². The van der Waals surface area contributed by atoms with E-state index in [4.69, 9.17) is 15.5 Å². The lowest BCUT2D eigenvalue weighted by Crippen LogP contribution is -2.41. The van der Waals surface area contributed by atoms with E-state index in [-0.39, 0.29) is 17.9 Å². The van der Waals surface area contributed by atoms with Gasteiger partial charge in [0.2, 0.25) is 15.9 Å². The summed E-state index contributed by atoms with van der Waals surface area (Å²) in [6.07, 6.45) is 8.74. The van der Waals surface area contributed by atoms with E-state index in [1.807, 2.05) is 24.3 Å². The lowest BCUT2D eigenvalue weighted by molar-refractivity contribution is -0.138. The Balaban J connectivity index is 1.32. The number of hydrogen-bond acceptors (Lipinski definition) is 7. The molecule has 1 aliphatic carbocycles. The van der Waals surface area contributed by atoms with Crippen LogP contribution < -0.4 is 11.1 Å². The molecule has 12 heteroatoms. The van der Waals surface area contributed by atoms with Gasteiger partial charge < -0.3 is 20.4 Å². The molecule has 0 spiro atoms. The van der Waals surface area contributed by atoms with Crippen LogP contribution in [0.4, 0.5) is 10.5 Å². The van der Waals surface area contributed by atoms with Crippen LogP contribution >= 0.6 is 0 Å². The maximum Gasteiger partial charge on any atom is 0.411 e. The Bertz CT molecular complexity index is 1330. The molecule has 3 aliphatic rings. The smallest absolute Gasteiger partial charge is 0.411 e. The predicted octanol–water partition coefficient (Wildman–Crippen LogP) is 3.97. The zero-order valence-electron chi connectivity index (χ0n) is 24.6. The van der Waals surface area contributed by atoms with E-state index in [0.717, 1.165) is 62.0 Å². The van der Waals surface area contributed by atoms with Crippen LogP contribution in [0.5, 0.6) is 0 Å². The number of benzene rings is 1. The standard InChI is InChI=1S/C30H44N6O5S/c1-3-41-30(38)33-25-10-8-22(9-11-25)26-18-32-28(34-26)27-16-24(21-12-14-35(15-13-21)42(2,39)40)19-36(27)29(37)23-6-4-20(17-31)5-7-23/h8-11,18,20-21,23-24,27H,3-7,12-17,19,31H2,1-2H3,(H,32,34)(H,33,38). The summed E-state index contributed by atoms with van der Waals surface area (Å²) in [5.74, 6) is 2.16. The summed E-state index contributed by atoms with van der Waals surface area (Å²) in [6, 6.07) is 7.29. The van der Waals surface area contributed by atoms with Crippen LogP contribution in [0.25, 0.3) is 11.3 Å². The van der Waals surface area contributed by atoms with E-state index >= 15 is 0 Å². The Morgan fingerprint density at radius 2 is 1.76 bits per heavy atom. The molecule has 0 radical (unpaired) electrons. The summed E-state index contributed by atoms with van der Waals surface area (Å²) < 4.78 is 30.6. The van der Waals surface area contributed by atoms with Crippen molar-refractivity contribution in [3.63, 3.8) is 0 Å². The summed E-state index contributed by atoms with van der Waals surface area (Å²) in [5.41, 5.74) is 8.30. The average Bonchev–Trinajstić information content (AvgIpc) is 3.65. The molecule has 0 bridgehead atoms. The van der Waals surface area contributed by atoms with Gasteiger partial charge in [-0.2, -0.15) is 0 Å². The van der Waals surface area contributed by atoms with E-state index in [1.165, 1.54) is 6.26 Å². The van der Waals surface area contributed by atoms with Gasteiger partial charge in [0, 0.05) is 31.2 Å². The molecular weight excluding hydrogens is 556 g/mol. The number of carbonyl (C=O) groups excluding carboxylic acids is 2. The van der Waals surface area contributed by atoms with E-state index in [2.05, 4.69) is 15.2 Å². The van der Waals surface area contributed by atoms with Crippen molar-refractivity contribution in [3.05, 3.63) is 36.3 Å². The number of sulfonamides is 1. The third-order valence-corrected chi connectivity index (χ3v) is 10.7. The van der Waals surface area contributed by atoms with Gasteiger partial charge in [0.05, 0.1) is 30.8 Å². The molecular formula is C30H44N6O5S. The number of hydrogen-bond donors (Lipinski definition) is 3. The number of amides is 2. The van der Waals surface area contributed by atoms with Crippen molar-refractivity contribution in [2.24, 2.45) is 29.4 Å². The Morgan fingerprint density at radius 1 is 1.07 bits per heavy atom. The third kappa shape index (κ3) is 6.98. The Kier molecular flexibility index (Phi) is 9.54. The number of nitrogens with two attached hydrogens (primary N) is 1. The van der Waals surface area contributed by atoms with Gasteiger partial charge in [0.15, 0.2) is 0 Å². The predicted molar refractivity (Wildman–Crippen MR) is 161 cm³/mol. The number of imidazole rings is 1. The molecule has 1 saturated carbocycles. The number of aromatic amines is 1. The maximum absolute atomic E-state index is 14.0. The van der Waals surface area contributed by atoms with E-state index in [9.17, 15) is 18.0 Å². The van der Waals surface area contributed by atoms with E-state index in [0.29, 0.717) is 56.2 Å². The maximum atomic E-state index is 14.0. The average molecular weight is 601 g/mol. The fourth-order valence-electron chi connectivity index (χ4n) is 6.94. The van der Waals surface area contributed by atoms with E-state index in [1.54, 1.807) is 17.4 Å². The quantitative estimate of drug-likeness (QED) is 0.415. The first kappa shape index (κ1) is 30.5. The number of likely N-dealkylation sites (tertiary alicyclic amines) is 1. The highest BCUT2D eigenvalue weighted by Gasteiger charge is 2.44. The van der Waals surface area contributed by atoms with Crippen molar-refractivity contribution in [3.8, 4) is 11.3 Å². The SMILES string of the molecule is CCOC(=O)Nc1ccc(-c2cnc(C3CC(C4CCN(S(C)(=O)=O)CC4)CN3C(=O)C3CCC(CN)CC3)[nH]2)cc1. The number of H-pyrrole nitrogens is 1. The van der Waals surface area contributed by atoms with Crippen LogP contribution in [0, 0.1) is 23.7 Å². The summed E-state index contributed by atoms with van der Waals surface area (Å²) >= 11 is 0. The highest BCUT2D eigenvalue weighted by molar-refractivity contribution is 7.88.